The van der Waals surface area contributed by atoms with E-state index in [2.05, 4.69) is 5.32 Å². The first-order valence-electron chi connectivity index (χ1n) is 7.91. The van der Waals surface area contributed by atoms with E-state index in [-0.39, 0.29) is 17.4 Å². The van der Waals surface area contributed by atoms with E-state index in [0.717, 1.165) is 11.3 Å². The van der Waals surface area contributed by atoms with Crippen LogP contribution in [0.2, 0.25) is 0 Å². The summed E-state index contributed by atoms with van der Waals surface area (Å²) in [5, 5.41) is 3.24. The molecule has 130 valence electrons. The molecule has 1 N–H and O–H groups in total. The van der Waals surface area contributed by atoms with Crippen molar-refractivity contribution in [2.24, 2.45) is 0 Å². The molecular formula is C18H29FN2O2. The minimum absolute atomic E-state index is 0.252. The Kier molecular flexibility index (Phi) is 6.03. The van der Waals surface area contributed by atoms with Gasteiger partial charge in [-0.1, -0.05) is 0 Å². The average molecular weight is 324 g/mol. The van der Waals surface area contributed by atoms with Crippen LogP contribution in [0.3, 0.4) is 0 Å². The predicted molar refractivity (Wildman–Crippen MR) is 92.3 cm³/mol. The molecule has 0 aliphatic carbocycles. The van der Waals surface area contributed by atoms with Crippen molar-refractivity contribution in [1.82, 2.24) is 4.90 Å². The molecule has 0 saturated carbocycles. The number of amides is 1. The summed E-state index contributed by atoms with van der Waals surface area (Å²) < 4.78 is 18.6. The van der Waals surface area contributed by atoms with E-state index in [4.69, 9.17) is 4.74 Å². The smallest absolute Gasteiger partial charge is 0.410 e. The van der Waals surface area contributed by atoms with Gasteiger partial charge in [-0.2, -0.15) is 0 Å². The van der Waals surface area contributed by atoms with Crippen LogP contribution in [0.4, 0.5) is 14.9 Å². The van der Waals surface area contributed by atoms with Crippen molar-refractivity contribution < 1.29 is 13.9 Å². The molecular weight excluding hydrogens is 295 g/mol. The third kappa shape index (κ3) is 6.47. The Morgan fingerprint density at radius 3 is 2.30 bits per heavy atom. The Balaban J connectivity index is 2.70. The molecule has 0 heterocycles. The Labute approximate surface area is 139 Å². The molecule has 1 aromatic carbocycles. The summed E-state index contributed by atoms with van der Waals surface area (Å²) in [6.45, 7) is 14.4. The lowest BCUT2D eigenvalue weighted by atomic mass is 10.1. The van der Waals surface area contributed by atoms with Crippen molar-refractivity contribution in [2.75, 3.05) is 18.4 Å². The second-order valence-electron chi connectivity index (χ2n) is 7.69. The molecule has 0 atom stereocenters. The zero-order valence-electron chi connectivity index (χ0n) is 15.3. The maximum atomic E-state index is 13.1. The molecule has 0 unspecified atom stereocenters. The number of carbonyl (C=O) groups excluding carboxylic acids is 1. The molecule has 0 aliphatic heterocycles. The number of halogens is 1. The van der Waals surface area contributed by atoms with Crippen LogP contribution in [0.5, 0.6) is 0 Å². The van der Waals surface area contributed by atoms with Gasteiger partial charge in [0, 0.05) is 24.3 Å². The molecule has 5 heteroatoms. The van der Waals surface area contributed by atoms with Gasteiger partial charge in [-0.25, -0.2) is 9.18 Å². The Morgan fingerprint density at radius 1 is 1.22 bits per heavy atom. The van der Waals surface area contributed by atoms with Crippen molar-refractivity contribution in [3.05, 3.63) is 29.6 Å². The van der Waals surface area contributed by atoms with Gasteiger partial charge in [0.25, 0.3) is 0 Å². The van der Waals surface area contributed by atoms with Crippen molar-refractivity contribution in [3.63, 3.8) is 0 Å². The molecule has 0 aliphatic rings. The predicted octanol–water partition coefficient (Wildman–Crippen LogP) is 4.58. The van der Waals surface area contributed by atoms with E-state index in [1.165, 1.54) is 12.1 Å². The summed E-state index contributed by atoms with van der Waals surface area (Å²) in [7, 11) is 0. The van der Waals surface area contributed by atoms with Crippen LogP contribution >= 0.6 is 0 Å². The van der Waals surface area contributed by atoms with Crippen LogP contribution in [-0.2, 0) is 4.74 Å². The van der Waals surface area contributed by atoms with Gasteiger partial charge in [0.05, 0.1) is 0 Å². The number of carbonyl (C=O) groups is 1. The highest BCUT2D eigenvalue weighted by atomic mass is 19.1. The number of benzene rings is 1. The second-order valence-corrected chi connectivity index (χ2v) is 7.69. The molecule has 0 bridgehead atoms. The maximum absolute atomic E-state index is 13.1. The molecule has 0 radical (unpaired) electrons. The number of aryl methyl sites for hydroxylation is 1. The Bertz CT molecular complexity index is 545. The quantitative estimate of drug-likeness (QED) is 0.881. The highest BCUT2D eigenvalue weighted by Gasteiger charge is 2.30. The minimum atomic E-state index is -0.526. The molecule has 4 nitrogen and oxygen atoms in total. The van der Waals surface area contributed by atoms with Crippen molar-refractivity contribution in [3.8, 4) is 0 Å². The summed E-state index contributed by atoms with van der Waals surface area (Å²) in [6.07, 6.45) is -0.331. The molecule has 1 rings (SSSR count). The average Bonchev–Trinajstić information content (AvgIpc) is 2.32. The van der Waals surface area contributed by atoms with Gasteiger partial charge >= 0.3 is 6.09 Å². The topological polar surface area (TPSA) is 41.6 Å². The summed E-state index contributed by atoms with van der Waals surface area (Å²) in [5.74, 6) is -0.252. The maximum Gasteiger partial charge on any atom is 0.410 e. The highest BCUT2D eigenvalue weighted by molar-refractivity contribution is 5.69. The Hall–Kier alpha value is -1.78. The van der Waals surface area contributed by atoms with Crippen molar-refractivity contribution >= 4 is 11.8 Å². The first kappa shape index (κ1) is 19.3. The molecule has 0 spiro atoms. The molecule has 0 aromatic heterocycles. The SMILES string of the molecule is Cc1cc(F)ccc1NCCN(C(=O)OC(C)(C)C)C(C)(C)C. The first-order valence-corrected chi connectivity index (χ1v) is 7.91. The van der Waals surface area contributed by atoms with E-state index in [1.54, 1.807) is 11.0 Å². The number of hydrogen-bond donors (Lipinski definition) is 1. The zero-order valence-corrected chi connectivity index (χ0v) is 15.3. The highest BCUT2D eigenvalue weighted by Crippen LogP contribution is 2.19. The van der Waals surface area contributed by atoms with Gasteiger partial charge in [0.1, 0.15) is 11.4 Å². The third-order valence-electron chi connectivity index (χ3n) is 3.26. The van der Waals surface area contributed by atoms with Crippen molar-refractivity contribution in [2.45, 2.75) is 59.6 Å². The summed E-state index contributed by atoms with van der Waals surface area (Å²) in [4.78, 5) is 14.1. The van der Waals surface area contributed by atoms with E-state index >= 15 is 0 Å². The molecule has 0 saturated heterocycles. The number of ether oxygens (including phenoxy) is 1. The fourth-order valence-electron chi connectivity index (χ4n) is 2.15. The largest absolute Gasteiger partial charge is 0.444 e. The van der Waals surface area contributed by atoms with Crippen LogP contribution in [0.1, 0.15) is 47.1 Å². The first-order chi connectivity index (χ1) is 10.4. The molecule has 1 aromatic rings. The molecule has 1 amide bonds. The molecule has 23 heavy (non-hydrogen) atoms. The third-order valence-corrected chi connectivity index (χ3v) is 3.26. The van der Waals surface area contributed by atoms with Gasteiger partial charge in [0.15, 0.2) is 0 Å². The summed E-state index contributed by atoms with van der Waals surface area (Å²) >= 11 is 0. The van der Waals surface area contributed by atoms with Gasteiger partial charge in [-0.3, -0.25) is 0 Å². The zero-order chi connectivity index (χ0) is 17.8. The lowest BCUT2D eigenvalue weighted by Crippen LogP contribution is -2.49. The van der Waals surface area contributed by atoms with Crippen LogP contribution in [0, 0.1) is 12.7 Å². The standard InChI is InChI=1S/C18H29FN2O2/c1-13-12-14(19)8-9-15(13)20-10-11-21(17(2,3)4)16(22)23-18(5,6)7/h8-9,12,20H,10-11H2,1-7H3. The lowest BCUT2D eigenvalue weighted by molar-refractivity contribution is 0.00749. The summed E-state index contributed by atoms with van der Waals surface area (Å²) in [6, 6.07) is 4.61. The van der Waals surface area contributed by atoms with Gasteiger partial charge in [0.2, 0.25) is 0 Å². The van der Waals surface area contributed by atoms with Crippen LogP contribution in [-0.4, -0.2) is 35.2 Å². The van der Waals surface area contributed by atoms with E-state index in [1.807, 2.05) is 48.5 Å². The van der Waals surface area contributed by atoms with Gasteiger partial charge in [-0.05, 0) is 72.2 Å². The number of anilines is 1. The van der Waals surface area contributed by atoms with Crippen LogP contribution in [0.25, 0.3) is 0 Å². The van der Waals surface area contributed by atoms with Crippen molar-refractivity contribution in [1.29, 1.82) is 0 Å². The number of nitrogens with one attached hydrogen (secondary N) is 1. The van der Waals surface area contributed by atoms with Gasteiger partial charge < -0.3 is 15.0 Å². The fraction of sp³-hybridized carbons (Fsp3) is 0.611. The fourth-order valence-corrected chi connectivity index (χ4v) is 2.15. The van der Waals surface area contributed by atoms with Gasteiger partial charge in [-0.15, -0.1) is 0 Å². The normalized spacial score (nSPS) is 12.0. The second kappa shape index (κ2) is 7.20. The monoisotopic (exact) mass is 324 g/mol. The number of rotatable bonds is 4. The number of nitrogens with zero attached hydrogens (tertiary/aromatic N) is 1. The summed E-state index contributed by atoms with van der Waals surface area (Å²) in [5.41, 5.74) is 0.831. The van der Waals surface area contributed by atoms with E-state index in [0.29, 0.717) is 13.1 Å². The lowest BCUT2D eigenvalue weighted by Gasteiger charge is -2.37. The molecule has 0 fully saturated rings. The Morgan fingerprint density at radius 2 is 1.83 bits per heavy atom. The van der Waals surface area contributed by atoms with E-state index < -0.39 is 5.60 Å². The van der Waals surface area contributed by atoms with E-state index in [9.17, 15) is 9.18 Å². The van der Waals surface area contributed by atoms with Crippen LogP contribution < -0.4 is 5.32 Å². The number of hydrogen-bond acceptors (Lipinski definition) is 3. The van der Waals surface area contributed by atoms with Crippen LogP contribution in [0.15, 0.2) is 18.2 Å². The minimum Gasteiger partial charge on any atom is -0.444 e.